The van der Waals surface area contributed by atoms with E-state index in [1.807, 2.05) is 6.92 Å². The van der Waals surface area contributed by atoms with E-state index in [0.29, 0.717) is 5.56 Å². The molecule has 0 saturated heterocycles. The van der Waals surface area contributed by atoms with Crippen molar-refractivity contribution < 1.29 is 14.8 Å². The fourth-order valence-electron chi connectivity index (χ4n) is 4.10. The van der Waals surface area contributed by atoms with E-state index >= 15 is 0 Å². The number of carbonyl (C=O) groups is 1. The van der Waals surface area contributed by atoms with Crippen LogP contribution in [0.2, 0.25) is 0 Å². The van der Waals surface area contributed by atoms with Gasteiger partial charge in [0.2, 0.25) is 0 Å². The van der Waals surface area contributed by atoms with Crippen LogP contribution in [0.5, 0.6) is 0 Å². The van der Waals surface area contributed by atoms with Crippen LogP contribution < -0.4 is 0 Å². The van der Waals surface area contributed by atoms with Gasteiger partial charge in [-0.05, 0) is 26.3 Å². The van der Waals surface area contributed by atoms with Crippen LogP contribution in [0.4, 0.5) is 5.69 Å². The summed E-state index contributed by atoms with van der Waals surface area (Å²) in [5.74, 6) is -1.45. The molecule has 24 heavy (non-hydrogen) atoms. The highest BCUT2D eigenvalue weighted by molar-refractivity contribution is 6.12. The zero-order valence-corrected chi connectivity index (χ0v) is 13.8. The molecule has 1 fully saturated rings. The number of nitrogens with zero attached hydrogens (tertiary/aromatic N) is 3. The monoisotopic (exact) mass is 329 g/mol. The van der Waals surface area contributed by atoms with Crippen molar-refractivity contribution in [3.05, 3.63) is 39.9 Å². The van der Waals surface area contributed by atoms with Gasteiger partial charge in [-0.3, -0.25) is 14.9 Å². The van der Waals surface area contributed by atoms with E-state index < -0.39 is 22.4 Å². The van der Waals surface area contributed by atoms with E-state index in [1.165, 1.54) is 19.1 Å². The molecule has 1 aliphatic heterocycles. The van der Waals surface area contributed by atoms with Crippen LogP contribution in [0.1, 0.15) is 38.7 Å². The van der Waals surface area contributed by atoms with E-state index in [9.17, 15) is 20.0 Å². The predicted octanol–water partition coefficient (Wildman–Crippen LogP) is 2.49. The van der Waals surface area contributed by atoms with Crippen LogP contribution in [-0.4, -0.2) is 32.8 Å². The molecular weight excluding hydrogens is 310 g/mol. The second-order valence-electron chi connectivity index (χ2n) is 6.81. The minimum atomic E-state index is -1.27. The summed E-state index contributed by atoms with van der Waals surface area (Å²) in [4.78, 5) is 23.0. The van der Waals surface area contributed by atoms with Gasteiger partial charge in [-0.1, -0.05) is 12.1 Å². The summed E-state index contributed by atoms with van der Waals surface area (Å²) >= 11 is 0. The maximum Gasteiger partial charge on any atom is 0.269 e. The first-order chi connectivity index (χ1) is 11.2. The molecule has 0 aromatic heterocycles. The molecule has 0 bridgehead atoms. The van der Waals surface area contributed by atoms with Gasteiger partial charge < -0.3 is 5.11 Å². The van der Waals surface area contributed by atoms with Crippen LogP contribution in [0.3, 0.4) is 0 Å². The molecule has 1 saturated carbocycles. The van der Waals surface area contributed by atoms with E-state index in [1.54, 1.807) is 19.1 Å². The quantitative estimate of drug-likeness (QED) is 0.679. The molecule has 3 rings (SSSR count). The van der Waals surface area contributed by atoms with Gasteiger partial charge in [0, 0.05) is 36.1 Å². The van der Waals surface area contributed by atoms with Crippen LogP contribution in [0.15, 0.2) is 34.5 Å². The maximum absolute atomic E-state index is 12.3. The zero-order chi connectivity index (χ0) is 17.6. The van der Waals surface area contributed by atoms with Crippen molar-refractivity contribution in [1.29, 1.82) is 0 Å². The Morgan fingerprint density at radius 2 is 2.12 bits per heavy atom. The Morgan fingerprint density at radius 3 is 2.75 bits per heavy atom. The Bertz CT molecular complexity index is 782. The highest BCUT2D eigenvalue weighted by Gasteiger charge is 2.53. The summed E-state index contributed by atoms with van der Waals surface area (Å²) in [5, 5.41) is 30.3. The molecule has 1 aliphatic carbocycles. The minimum Gasteiger partial charge on any atom is -0.389 e. The van der Waals surface area contributed by atoms with Crippen molar-refractivity contribution in [3.63, 3.8) is 0 Å². The van der Waals surface area contributed by atoms with Gasteiger partial charge >= 0.3 is 0 Å². The molecule has 1 heterocycles. The predicted molar refractivity (Wildman–Crippen MR) is 89.3 cm³/mol. The average Bonchev–Trinajstić information content (AvgIpc) is 2.85. The van der Waals surface area contributed by atoms with E-state index in [4.69, 9.17) is 0 Å². The SMILES string of the molecule is CC(=O)[C@H]1[C@@H](c2cccc([N+](=O)[O-])c2)[C@@H]2C(C)=NN=C2C[C@@]1(C)O. The van der Waals surface area contributed by atoms with Gasteiger partial charge in [0.15, 0.2) is 0 Å². The fraction of sp³-hybridized carbons (Fsp3) is 0.471. The fourth-order valence-corrected chi connectivity index (χ4v) is 4.10. The van der Waals surface area contributed by atoms with Crippen LogP contribution in [-0.2, 0) is 4.79 Å². The number of non-ortho nitro benzene ring substituents is 1. The number of nitro groups is 1. The summed E-state index contributed by atoms with van der Waals surface area (Å²) in [7, 11) is 0. The Morgan fingerprint density at radius 1 is 1.42 bits per heavy atom. The second kappa shape index (κ2) is 5.59. The summed E-state index contributed by atoms with van der Waals surface area (Å²) in [6.45, 7) is 4.91. The number of fused-ring (bicyclic) bond motifs is 1. The highest BCUT2D eigenvalue weighted by atomic mass is 16.6. The van der Waals surface area contributed by atoms with E-state index in [2.05, 4.69) is 10.2 Å². The number of aliphatic hydroxyl groups is 1. The first-order valence-electron chi connectivity index (χ1n) is 7.80. The minimum absolute atomic E-state index is 0.0360. The lowest BCUT2D eigenvalue weighted by Crippen LogP contribution is -2.53. The van der Waals surface area contributed by atoms with E-state index in [0.717, 1.165) is 11.4 Å². The smallest absolute Gasteiger partial charge is 0.269 e. The van der Waals surface area contributed by atoms with Gasteiger partial charge in [-0.2, -0.15) is 10.2 Å². The van der Waals surface area contributed by atoms with Crippen molar-refractivity contribution >= 4 is 22.9 Å². The standard InChI is InChI=1S/C17H19N3O4/c1-9-14-13(19-18-9)8-17(3,22)16(10(2)21)15(14)11-5-4-6-12(7-11)20(23)24/h4-7,14-16,22H,8H2,1-3H3/t14-,15+,16+,17-/m1/s1. The zero-order valence-electron chi connectivity index (χ0n) is 13.8. The summed E-state index contributed by atoms with van der Waals surface area (Å²) in [5.41, 5.74) is 0.843. The topological polar surface area (TPSA) is 105 Å². The number of rotatable bonds is 3. The Balaban J connectivity index is 2.17. The van der Waals surface area contributed by atoms with Gasteiger partial charge in [0.05, 0.1) is 22.2 Å². The van der Waals surface area contributed by atoms with Crippen molar-refractivity contribution in [2.45, 2.75) is 38.7 Å². The van der Waals surface area contributed by atoms with Gasteiger partial charge in [-0.25, -0.2) is 0 Å². The normalized spacial score (nSPS) is 31.9. The number of ketones is 1. The number of benzene rings is 1. The Kier molecular flexibility index (Phi) is 3.83. The molecule has 126 valence electrons. The molecular formula is C17H19N3O4. The lowest BCUT2D eigenvalue weighted by molar-refractivity contribution is -0.385. The summed E-state index contributed by atoms with van der Waals surface area (Å²) < 4.78 is 0. The third-order valence-electron chi connectivity index (χ3n) is 4.98. The van der Waals surface area contributed by atoms with Crippen LogP contribution in [0, 0.1) is 22.0 Å². The van der Waals surface area contributed by atoms with Crippen molar-refractivity contribution in [2.24, 2.45) is 22.0 Å². The molecule has 2 aliphatic rings. The van der Waals surface area contributed by atoms with Crippen LogP contribution >= 0.6 is 0 Å². The van der Waals surface area contributed by atoms with Crippen molar-refractivity contribution in [2.75, 3.05) is 0 Å². The molecule has 0 radical (unpaired) electrons. The summed E-state index contributed by atoms with van der Waals surface area (Å²) in [6.07, 6.45) is 0.272. The largest absolute Gasteiger partial charge is 0.389 e. The maximum atomic E-state index is 12.3. The van der Waals surface area contributed by atoms with E-state index in [-0.39, 0.29) is 23.8 Å². The van der Waals surface area contributed by atoms with Crippen molar-refractivity contribution in [1.82, 2.24) is 0 Å². The lowest BCUT2D eigenvalue weighted by Gasteiger charge is -2.45. The second-order valence-corrected chi connectivity index (χ2v) is 6.81. The molecule has 0 spiro atoms. The van der Waals surface area contributed by atoms with Gasteiger partial charge in [0.25, 0.3) is 5.69 Å². The molecule has 1 aromatic rings. The molecule has 1 N–H and O–H groups in total. The molecule has 0 unspecified atom stereocenters. The highest BCUT2D eigenvalue weighted by Crippen LogP contribution is 2.48. The van der Waals surface area contributed by atoms with Crippen LogP contribution in [0.25, 0.3) is 0 Å². The van der Waals surface area contributed by atoms with Gasteiger partial charge in [0.1, 0.15) is 5.78 Å². The molecule has 0 amide bonds. The first kappa shape index (κ1) is 16.4. The molecule has 7 heteroatoms. The van der Waals surface area contributed by atoms with Gasteiger partial charge in [-0.15, -0.1) is 0 Å². The molecule has 4 atom stereocenters. The first-order valence-corrected chi connectivity index (χ1v) is 7.80. The third kappa shape index (κ3) is 2.54. The Hall–Kier alpha value is -2.41. The summed E-state index contributed by atoms with van der Waals surface area (Å²) in [6, 6.07) is 6.26. The average molecular weight is 329 g/mol. The number of carbonyl (C=O) groups excluding carboxylic acids is 1. The number of nitro benzene ring substituents is 1. The molecule has 1 aromatic carbocycles. The molecule has 7 nitrogen and oxygen atoms in total. The number of hydrogen-bond acceptors (Lipinski definition) is 6. The number of hydrogen-bond donors (Lipinski definition) is 1. The third-order valence-corrected chi connectivity index (χ3v) is 4.98. The van der Waals surface area contributed by atoms with Crippen molar-refractivity contribution in [3.8, 4) is 0 Å². The number of Topliss-reactive ketones (excluding diaryl/α,β-unsaturated/α-hetero) is 1. The Labute approximate surface area is 139 Å². The lowest BCUT2D eigenvalue weighted by atomic mass is 9.59.